The first kappa shape index (κ1) is 29.6. The van der Waals surface area contributed by atoms with E-state index in [2.05, 4.69) is 10.4 Å². The predicted molar refractivity (Wildman–Crippen MR) is 127 cm³/mol. The average Bonchev–Trinajstić information content (AvgIpc) is 2.78. The van der Waals surface area contributed by atoms with E-state index in [4.69, 9.17) is 24.3 Å². The van der Waals surface area contributed by atoms with Gasteiger partial charge >= 0.3 is 13.7 Å². The van der Waals surface area contributed by atoms with E-state index in [0.29, 0.717) is 6.42 Å². The Kier molecular flexibility index (Phi) is 13.5. The van der Waals surface area contributed by atoms with Crippen LogP contribution in [0.2, 0.25) is 0 Å². The first-order valence-electron chi connectivity index (χ1n) is 11.0. The van der Waals surface area contributed by atoms with Crippen LogP contribution in [-0.4, -0.2) is 55.2 Å². The molecule has 0 heterocycles. The fourth-order valence-corrected chi connectivity index (χ4v) is 3.92. The summed E-state index contributed by atoms with van der Waals surface area (Å²) in [5.41, 5.74) is 5.01. The number of benzene rings is 1. The van der Waals surface area contributed by atoms with Crippen molar-refractivity contribution in [3.63, 3.8) is 0 Å². The van der Waals surface area contributed by atoms with E-state index in [1.165, 1.54) is 13.1 Å². The van der Waals surface area contributed by atoms with Gasteiger partial charge in [-0.1, -0.05) is 39.0 Å². The van der Waals surface area contributed by atoms with Gasteiger partial charge in [0, 0.05) is 12.3 Å². The molecule has 1 rings (SSSR count). The minimum atomic E-state index is -4.10. The minimum Gasteiger partial charge on any atom is -0.464 e. The van der Waals surface area contributed by atoms with Gasteiger partial charge in [0.2, 0.25) is 5.91 Å². The fourth-order valence-electron chi connectivity index (χ4n) is 2.42. The zero-order valence-corrected chi connectivity index (χ0v) is 20.9. The molecule has 2 unspecified atom stereocenters. The van der Waals surface area contributed by atoms with Gasteiger partial charge in [-0.25, -0.2) is 4.57 Å². The lowest BCUT2D eigenvalue weighted by Gasteiger charge is -2.27. The summed E-state index contributed by atoms with van der Waals surface area (Å²) in [5, 5.41) is 15.6. The van der Waals surface area contributed by atoms with Crippen molar-refractivity contribution in [2.24, 2.45) is 11.7 Å². The number of aliphatic hydroxyl groups is 1. The number of nitrogens with one attached hydrogen (secondary N) is 2. The van der Waals surface area contributed by atoms with Gasteiger partial charge in [-0.15, -0.1) is 0 Å². The lowest BCUT2D eigenvalue weighted by atomic mass is 10.2. The third-order valence-corrected chi connectivity index (χ3v) is 5.88. The van der Waals surface area contributed by atoms with E-state index < -0.39 is 37.9 Å². The summed E-state index contributed by atoms with van der Waals surface area (Å²) in [6.45, 7) is 6.84. The maximum absolute atomic E-state index is 13.5. The van der Waals surface area contributed by atoms with Gasteiger partial charge < -0.3 is 30.2 Å². The molecular weight excluding hydrogens is 465 g/mol. The van der Waals surface area contributed by atoms with Gasteiger partial charge in [0.1, 0.15) is 24.6 Å². The molecule has 0 saturated carbocycles. The van der Waals surface area contributed by atoms with Crippen molar-refractivity contribution in [2.75, 3.05) is 19.9 Å². The van der Waals surface area contributed by atoms with Crippen LogP contribution in [0.1, 0.15) is 34.1 Å². The Morgan fingerprint density at radius 2 is 1.85 bits per heavy atom. The number of carbonyl (C=O) groups is 2. The Labute approximate surface area is 200 Å². The van der Waals surface area contributed by atoms with Gasteiger partial charge in [0.25, 0.3) is 0 Å². The average molecular weight is 502 g/mol. The van der Waals surface area contributed by atoms with Gasteiger partial charge in [0.15, 0.2) is 0 Å². The third kappa shape index (κ3) is 12.2. The van der Waals surface area contributed by atoms with Crippen molar-refractivity contribution in [3.05, 3.63) is 42.6 Å². The highest BCUT2D eigenvalue weighted by atomic mass is 31.2. The third-order valence-electron chi connectivity index (χ3n) is 4.24. The molecule has 1 aromatic rings. The van der Waals surface area contributed by atoms with E-state index in [1.807, 2.05) is 13.8 Å². The molecule has 4 atom stereocenters. The lowest BCUT2D eigenvalue weighted by Crippen LogP contribution is -2.38. The number of ether oxygens (including phenoxy) is 2. The highest BCUT2D eigenvalue weighted by Gasteiger charge is 2.34. The number of rotatable bonds is 17. The van der Waals surface area contributed by atoms with Crippen LogP contribution in [0.25, 0.3) is 0 Å². The highest BCUT2D eigenvalue weighted by Crippen LogP contribution is 2.45. The number of nitrogens with two attached hydrogens (primary N) is 1. The largest absolute Gasteiger partial charge is 0.464 e. The van der Waals surface area contributed by atoms with Crippen molar-refractivity contribution < 1.29 is 37.8 Å². The van der Waals surface area contributed by atoms with Crippen molar-refractivity contribution >= 4 is 19.6 Å². The zero-order valence-electron chi connectivity index (χ0n) is 20.0. The number of hydrogen-bond acceptors (Lipinski definition) is 9. The van der Waals surface area contributed by atoms with Crippen molar-refractivity contribution in [1.29, 1.82) is 0 Å². The van der Waals surface area contributed by atoms with Gasteiger partial charge in [-0.2, -0.15) is 5.09 Å². The summed E-state index contributed by atoms with van der Waals surface area (Å²) in [6.07, 6.45) is 0.906. The Morgan fingerprint density at radius 1 is 1.18 bits per heavy atom. The molecule has 0 aromatic heterocycles. The van der Waals surface area contributed by atoms with Crippen LogP contribution in [0.15, 0.2) is 42.6 Å². The summed E-state index contributed by atoms with van der Waals surface area (Å²) in [7, 11) is -4.10. The second kappa shape index (κ2) is 15.5. The standard InChI is InChI=1S/C22H36N3O8P/c1-5-19(26)20(31-15-24-12-11-21(23)27)14-32-34(29,33-18-9-7-6-8-10-18)25-17(4)22(28)30-13-16(2)3/h6-12,16-17,19-20,24,26H,5,13-15H2,1-4H3,(H2,23,27)(H,25,29)/b12-11-/t17-,19-,20?,34?/m0/s1. The molecule has 0 bridgehead atoms. The lowest BCUT2D eigenvalue weighted by molar-refractivity contribution is -0.146. The fraction of sp³-hybridized carbons (Fsp3) is 0.545. The molecule has 0 fully saturated rings. The van der Waals surface area contributed by atoms with Crippen molar-refractivity contribution in [2.45, 2.75) is 52.4 Å². The molecular formula is C22H36N3O8P. The Bertz CT molecular complexity index is 822. The molecule has 12 heteroatoms. The number of hydrogen-bond donors (Lipinski definition) is 4. The SMILES string of the molecule is CC[C@H](O)C(COP(=O)(N[C@@H](C)C(=O)OCC(C)C)Oc1ccccc1)OCN/C=C\C(N)=O. The Morgan fingerprint density at radius 3 is 2.44 bits per heavy atom. The molecule has 0 radical (unpaired) electrons. The molecule has 0 aliphatic rings. The normalized spacial score (nSPS) is 15.9. The van der Waals surface area contributed by atoms with Crippen LogP contribution >= 0.6 is 7.75 Å². The van der Waals surface area contributed by atoms with E-state index >= 15 is 0 Å². The topological polar surface area (TPSA) is 158 Å². The first-order chi connectivity index (χ1) is 16.1. The molecule has 0 saturated heterocycles. The quantitative estimate of drug-likeness (QED) is 0.0818. The van der Waals surface area contributed by atoms with Crippen LogP contribution in [0, 0.1) is 5.92 Å². The molecule has 0 spiro atoms. The summed E-state index contributed by atoms with van der Waals surface area (Å²) in [4.78, 5) is 23.0. The summed E-state index contributed by atoms with van der Waals surface area (Å²) in [6, 6.07) is 7.33. The van der Waals surface area contributed by atoms with Crippen LogP contribution < -0.4 is 20.7 Å². The molecule has 5 N–H and O–H groups in total. The summed E-state index contributed by atoms with van der Waals surface area (Å²) >= 11 is 0. The van der Waals surface area contributed by atoms with Crippen molar-refractivity contribution in [1.82, 2.24) is 10.4 Å². The van der Waals surface area contributed by atoms with E-state index in [1.54, 1.807) is 37.3 Å². The molecule has 11 nitrogen and oxygen atoms in total. The van der Waals surface area contributed by atoms with Gasteiger partial charge in [-0.3, -0.25) is 14.1 Å². The summed E-state index contributed by atoms with van der Waals surface area (Å²) in [5.74, 6) is -0.847. The number of esters is 1. The predicted octanol–water partition coefficient (Wildman–Crippen LogP) is 2.07. The number of amides is 1. The number of primary amides is 1. The van der Waals surface area contributed by atoms with E-state index in [9.17, 15) is 19.3 Å². The zero-order chi connectivity index (χ0) is 25.6. The molecule has 34 heavy (non-hydrogen) atoms. The Balaban J connectivity index is 2.89. The monoisotopic (exact) mass is 501 g/mol. The molecule has 192 valence electrons. The van der Waals surface area contributed by atoms with Gasteiger partial charge in [0.05, 0.1) is 19.3 Å². The second-order valence-corrected chi connectivity index (χ2v) is 9.53. The minimum absolute atomic E-state index is 0.0793. The molecule has 0 aliphatic heterocycles. The maximum atomic E-state index is 13.5. The number of aliphatic hydroxyl groups excluding tert-OH is 1. The van der Waals surface area contributed by atoms with E-state index in [0.717, 1.165) is 6.08 Å². The van der Waals surface area contributed by atoms with Crippen LogP contribution in [0.4, 0.5) is 0 Å². The molecule has 1 amide bonds. The maximum Gasteiger partial charge on any atom is 0.459 e. The number of para-hydroxylation sites is 1. The first-order valence-corrected chi connectivity index (χ1v) is 12.5. The van der Waals surface area contributed by atoms with Gasteiger partial charge in [-0.05, 0) is 31.4 Å². The number of carbonyl (C=O) groups excluding carboxylic acids is 2. The van der Waals surface area contributed by atoms with Crippen LogP contribution in [0.5, 0.6) is 5.75 Å². The van der Waals surface area contributed by atoms with Crippen LogP contribution in [-0.2, 0) is 28.2 Å². The molecule has 0 aliphatic carbocycles. The van der Waals surface area contributed by atoms with E-state index in [-0.39, 0.29) is 31.6 Å². The Hall–Kier alpha value is -2.43. The molecule has 1 aromatic carbocycles. The van der Waals surface area contributed by atoms with Crippen LogP contribution in [0.3, 0.4) is 0 Å². The van der Waals surface area contributed by atoms with Crippen molar-refractivity contribution in [3.8, 4) is 5.75 Å². The smallest absolute Gasteiger partial charge is 0.459 e. The second-order valence-electron chi connectivity index (χ2n) is 7.84. The highest BCUT2D eigenvalue weighted by molar-refractivity contribution is 7.52. The summed E-state index contributed by atoms with van der Waals surface area (Å²) < 4.78 is 35.4.